The zero-order valence-corrected chi connectivity index (χ0v) is 16.3. The Labute approximate surface area is 166 Å². The quantitative estimate of drug-likeness (QED) is 0.519. The minimum Gasteiger partial charge on any atom is -0.338 e. The SMILES string of the molecule is CCNC(=O)Nc1cccc(NC(=O)CCNS(=O)(=O)c2ccc(F)c(F)c2)c1. The van der Waals surface area contributed by atoms with E-state index in [1.165, 1.54) is 0 Å². The molecule has 0 aromatic heterocycles. The molecule has 0 radical (unpaired) electrons. The molecule has 0 bridgehead atoms. The van der Waals surface area contributed by atoms with Crippen molar-refractivity contribution >= 4 is 33.3 Å². The molecule has 29 heavy (non-hydrogen) atoms. The number of carbonyl (C=O) groups is 2. The smallest absolute Gasteiger partial charge is 0.319 e. The summed E-state index contributed by atoms with van der Waals surface area (Å²) in [6.07, 6.45) is -0.198. The molecule has 0 aliphatic heterocycles. The fraction of sp³-hybridized carbons (Fsp3) is 0.222. The monoisotopic (exact) mass is 426 g/mol. The standard InChI is InChI=1S/C18H20F2N4O4S/c1-2-21-18(26)24-13-5-3-4-12(10-13)23-17(25)8-9-22-29(27,28)14-6-7-15(19)16(20)11-14/h3-7,10-11,22H,2,8-9H2,1H3,(H,23,25)(H2,21,24,26). The number of urea groups is 1. The van der Waals surface area contributed by atoms with Crippen LogP contribution in [0, 0.1) is 11.6 Å². The Bertz CT molecular complexity index is 999. The first-order valence-electron chi connectivity index (χ1n) is 8.60. The van der Waals surface area contributed by atoms with Gasteiger partial charge in [0.2, 0.25) is 15.9 Å². The van der Waals surface area contributed by atoms with E-state index in [1.54, 1.807) is 31.2 Å². The van der Waals surface area contributed by atoms with E-state index in [-0.39, 0.29) is 19.0 Å². The van der Waals surface area contributed by atoms with Crippen molar-refractivity contribution in [3.05, 3.63) is 54.1 Å². The summed E-state index contributed by atoms with van der Waals surface area (Å²) in [5.41, 5.74) is 0.876. The molecule has 8 nitrogen and oxygen atoms in total. The van der Waals surface area contributed by atoms with E-state index in [1.807, 2.05) is 0 Å². The fourth-order valence-electron chi connectivity index (χ4n) is 2.26. The van der Waals surface area contributed by atoms with Crippen molar-refractivity contribution < 1.29 is 26.8 Å². The van der Waals surface area contributed by atoms with Gasteiger partial charge < -0.3 is 16.0 Å². The maximum absolute atomic E-state index is 13.2. The molecule has 0 aliphatic rings. The second kappa shape index (κ2) is 9.94. The molecule has 2 aromatic carbocycles. The van der Waals surface area contributed by atoms with Crippen LogP contribution in [0.1, 0.15) is 13.3 Å². The van der Waals surface area contributed by atoms with Crippen LogP contribution < -0.4 is 20.7 Å². The van der Waals surface area contributed by atoms with Crippen LogP contribution in [0.3, 0.4) is 0 Å². The van der Waals surface area contributed by atoms with Gasteiger partial charge in [-0.3, -0.25) is 4.79 Å². The number of hydrogen-bond acceptors (Lipinski definition) is 4. The van der Waals surface area contributed by atoms with Gasteiger partial charge in [0.15, 0.2) is 11.6 Å². The van der Waals surface area contributed by atoms with Crippen LogP contribution in [-0.4, -0.2) is 33.4 Å². The number of sulfonamides is 1. The molecule has 2 rings (SSSR count). The lowest BCUT2D eigenvalue weighted by molar-refractivity contribution is -0.116. The second-order valence-electron chi connectivity index (χ2n) is 5.84. The van der Waals surface area contributed by atoms with Gasteiger partial charge in [-0.05, 0) is 43.3 Å². The van der Waals surface area contributed by atoms with Crippen molar-refractivity contribution in [1.82, 2.24) is 10.0 Å². The average molecular weight is 426 g/mol. The van der Waals surface area contributed by atoms with Gasteiger partial charge in [0, 0.05) is 30.9 Å². The topological polar surface area (TPSA) is 116 Å². The molecular weight excluding hydrogens is 406 g/mol. The van der Waals surface area contributed by atoms with Crippen molar-refractivity contribution in [3.8, 4) is 0 Å². The van der Waals surface area contributed by atoms with Crippen molar-refractivity contribution in [2.45, 2.75) is 18.2 Å². The van der Waals surface area contributed by atoms with Crippen molar-refractivity contribution in [2.24, 2.45) is 0 Å². The van der Waals surface area contributed by atoms with Gasteiger partial charge >= 0.3 is 6.03 Å². The molecule has 2 aromatic rings. The molecule has 4 N–H and O–H groups in total. The van der Waals surface area contributed by atoms with Crippen LogP contribution in [0.5, 0.6) is 0 Å². The lowest BCUT2D eigenvalue weighted by Gasteiger charge is -2.10. The number of nitrogens with one attached hydrogen (secondary N) is 4. The number of anilines is 2. The summed E-state index contributed by atoms with van der Waals surface area (Å²) in [6.45, 7) is 1.99. The molecule has 0 unspecified atom stereocenters. The number of halogens is 2. The average Bonchev–Trinajstić information content (AvgIpc) is 2.64. The van der Waals surface area contributed by atoms with Crippen molar-refractivity contribution in [1.29, 1.82) is 0 Å². The van der Waals surface area contributed by atoms with E-state index in [9.17, 15) is 26.8 Å². The third-order valence-corrected chi connectivity index (χ3v) is 5.05. The van der Waals surface area contributed by atoms with Gasteiger partial charge in [-0.1, -0.05) is 6.07 Å². The highest BCUT2D eigenvalue weighted by Gasteiger charge is 2.16. The lowest BCUT2D eigenvalue weighted by atomic mass is 10.2. The first kappa shape index (κ1) is 22.2. The maximum Gasteiger partial charge on any atom is 0.319 e. The van der Waals surface area contributed by atoms with Gasteiger partial charge in [-0.2, -0.15) is 0 Å². The molecule has 0 spiro atoms. The van der Waals surface area contributed by atoms with Crippen LogP contribution in [0.25, 0.3) is 0 Å². The Hall–Kier alpha value is -3.05. The van der Waals surface area contributed by atoms with E-state index in [0.717, 1.165) is 6.07 Å². The summed E-state index contributed by atoms with van der Waals surface area (Å²) in [7, 11) is -4.08. The summed E-state index contributed by atoms with van der Waals surface area (Å²) < 4.78 is 52.4. The Morgan fingerprint density at radius 1 is 0.966 bits per heavy atom. The fourth-order valence-corrected chi connectivity index (χ4v) is 3.30. The molecule has 11 heteroatoms. The molecule has 0 saturated heterocycles. The highest BCUT2D eigenvalue weighted by molar-refractivity contribution is 7.89. The van der Waals surface area contributed by atoms with Crippen LogP contribution in [0.15, 0.2) is 47.4 Å². The highest BCUT2D eigenvalue weighted by atomic mass is 32.2. The molecule has 156 valence electrons. The summed E-state index contributed by atoms with van der Waals surface area (Å²) in [5.74, 6) is -2.92. The maximum atomic E-state index is 13.2. The lowest BCUT2D eigenvalue weighted by Crippen LogP contribution is -2.28. The normalized spacial score (nSPS) is 11.0. The van der Waals surface area contributed by atoms with Crippen LogP contribution >= 0.6 is 0 Å². The second-order valence-corrected chi connectivity index (χ2v) is 7.60. The van der Waals surface area contributed by atoms with Gasteiger partial charge in [0.1, 0.15) is 0 Å². The van der Waals surface area contributed by atoms with Crippen LogP contribution in [0.2, 0.25) is 0 Å². The Balaban J connectivity index is 1.88. The molecule has 3 amide bonds. The van der Waals surface area contributed by atoms with Crippen LogP contribution in [0.4, 0.5) is 25.0 Å². The van der Waals surface area contributed by atoms with Crippen molar-refractivity contribution in [3.63, 3.8) is 0 Å². The van der Waals surface area contributed by atoms with Gasteiger partial charge in [-0.25, -0.2) is 26.7 Å². The van der Waals surface area contributed by atoms with E-state index in [0.29, 0.717) is 30.1 Å². The number of carbonyl (C=O) groups excluding carboxylic acids is 2. The minimum atomic E-state index is -4.08. The molecular formula is C18H20F2N4O4S. The molecule has 0 saturated carbocycles. The predicted octanol–water partition coefficient (Wildman–Crippen LogP) is 2.41. The highest BCUT2D eigenvalue weighted by Crippen LogP contribution is 2.16. The number of amides is 3. The third-order valence-electron chi connectivity index (χ3n) is 3.59. The van der Waals surface area contributed by atoms with Crippen LogP contribution in [-0.2, 0) is 14.8 Å². The first-order valence-corrected chi connectivity index (χ1v) is 10.1. The Kier molecular flexibility index (Phi) is 7.62. The molecule has 0 atom stereocenters. The summed E-state index contributed by atoms with van der Waals surface area (Å²) in [6, 6.07) is 8.22. The number of benzene rings is 2. The van der Waals surface area contributed by atoms with Crippen molar-refractivity contribution in [2.75, 3.05) is 23.7 Å². The van der Waals surface area contributed by atoms with Gasteiger partial charge in [0.05, 0.1) is 4.90 Å². The largest absolute Gasteiger partial charge is 0.338 e. The van der Waals surface area contributed by atoms with E-state index < -0.39 is 32.5 Å². The first-order chi connectivity index (χ1) is 13.7. The van der Waals surface area contributed by atoms with E-state index in [4.69, 9.17) is 0 Å². The summed E-state index contributed by atoms with van der Waals surface area (Å²) >= 11 is 0. The van der Waals surface area contributed by atoms with Gasteiger partial charge in [0.25, 0.3) is 0 Å². The molecule has 0 aliphatic carbocycles. The third kappa shape index (κ3) is 6.80. The minimum absolute atomic E-state index is 0.198. The van der Waals surface area contributed by atoms with Gasteiger partial charge in [-0.15, -0.1) is 0 Å². The molecule has 0 fully saturated rings. The zero-order valence-electron chi connectivity index (χ0n) is 15.5. The summed E-state index contributed by atoms with van der Waals surface area (Å²) in [5, 5.41) is 7.74. The van der Waals surface area contributed by atoms with E-state index >= 15 is 0 Å². The Morgan fingerprint density at radius 3 is 2.31 bits per heavy atom. The number of rotatable bonds is 8. The zero-order chi connectivity index (χ0) is 21.4. The predicted molar refractivity (Wildman–Crippen MR) is 104 cm³/mol. The Morgan fingerprint density at radius 2 is 1.66 bits per heavy atom. The summed E-state index contributed by atoms with van der Waals surface area (Å²) in [4.78, 5) is 23.1. The van der Waals surface area contributed by atoms with E-state index in [2.05, 4.69) is 20.7 Å². The number of hydrogen-bond donors (Lipinski definition) is 4. The molecule has 0 heterocycles.